The fourth-order valence-electron chi connectivity index (χ4n) is 2.73. The normalized spacial score (nSPS) is 18.0. The van der Waals surface area contributed by atoms with Crippen LogP contribution in [0.3, 0.4) is 0 Å². The lowest BCUT2D eigenvalue weighted by molar-refractivity contribution is -0.144. The maximum Gasteiger partial charge on any atom is 0.246 e. The van der Waals surface area contributed by atoms with Crippen LogP contribution in [0.15, 0.2) is 59.1 Å². The van der Waals surface area contributed by atoms with E-state index in [0.29, 0.717) is 13.0 Å². The molecule has 0 aliphatic carbocycles. The highest BCUT2D eigenvalue weighted by Crippen LogP contribution is 2.19. The molecule has 0 spiro atoms. The predicted molar refractivity (Wildman–Crippen MR) is 91.6 cm³/mol. The van der Waals surface area contributed by atoms with Gasteiger partial charge in [-0.25, -0.2) is 0 Å². The van der Waals surface area contributed by atoms with Gasteiger partial charge in [0.05, 0.1) is 6.54 Å². The third-order valence-electron chi connectivity index (χ3n) is 3.88. The first-order chi connectivity index (χ1) is 11.1. The Bertz CT molecular complexity index is 718. The van der Waals surface area contributed by atoms with Crippen LogP contribution in [0.25, 0.3) is 0 Å². The monoisotopic (exact) mass is 372 g/mol. The molecule has 0 aromatic heterocycles. The summed E-state index contributed by atoms with van der Waals surface area (Å²) in [6.07, 6.45) is 0.483. The molecule has 3 rings (SSSR count). The zero-order chi connectivity index (χ0) is 16.2. The number of hydrogen-bond acceptors (Lipinski definition) is 2. The SMILES string of the molecule is O=C1CN(Cc2ccccc2)C(=O)[C@@H](Cc2ccccc2Br)N1. The van der Waals surface area contributed by atoms with Crippen molar-refractivity contribution in [3.05, 3.63) is 70.2 Å². The van der Waals surface area contributed by atoms with Crippen LogP contribution in [0.2, 0.25) is 0 Å². The zero-order valence-corrected chi connectivity index (χ0v) is 14.1. The second kappa shape index (κ2) is 6.96. The van der Waals surface area contributed by atoms with Gasteiger partial charge in [-0.3, -0.25) is 9.59 Å². The summed E-state index contributed by atoms with van der Waals surface area (Å²) in [5, 5.41) is 2.81. The third-order valence-corrected chi connectivity index (χ3v) is 4.65. The Kier molecular flexibility index (Phi) is 4.76. The Morgan fingerprint density at radius 1 is 1.04 bits per heavy atom. The molecule has 1 N–H and O–H groups in total. The van der Waals surface area contributed by atoms with E-state index in [0.717, 1.165) is 15.6 Å². The second-order valence-corrected chi connectivity index (χ2v) is 6.45. The van der Waals surface area contributed by atoms with Crippen molar-refractivity contribution in [2.45, 2.75) is 19.0 Å². The Hall–Kier alpha value is -2.14. The van der Waals surface area contributed by atoms with Gasteiger partial charge in [-0.05, 0) is 17.2 Å². The van der Waals surface area contributed by atoms with E-state index in [1.54, 1.807) is 4.90 Å². The van der Waals surface area contributed by atoms with Gasteiger partial charge >= 0.3 is 0 Å². The molecule has 0 bridgehead atoms. The highest BCUT2D eigenvalue weighted by molar-refractivity contribution is 9.10. The summed E-state index contributed by atoms with van der Waals surface area (Å²) in [7, 11) is 0. The smallest absolute Gasteiger partial charge is 0.246 e. The molecule has 1 saturated heterocycles. The predicted octanol–water partition coefficient (Wildman–Crippen LogP) is 2.52. The minimum absolute atomic E-state index is 0.0378. The van der Waals surface area contributed by atoms with Crippen molar-refractivity contribution in [2.75, 3.05) is 6.54 Å². The third kappa shape index (κ3) is 3.79. The van der Waals surface area contributed by atoms with Crippen LogP contribution in [-0.4, -0.2) is 29.3 Å². The van der Waals surface area contributed by atoms with Gasteiger partial charge in [-0.2, -0.15) is 0 Å². The fraction of sp³-hybridized carbons (Fsp3) is 0.222. The molecular weight excluding hydrogens is 356 g/mol. The average molecular weight is 373 g/mol. The first kappa shape index (κ1) is 15.7. The molecule has 1 fully saturated rings. The van der Waals surface area contributed by atoms with Gasteiger partial charge < -0.3 is 10.2 Å². The maximum atomic E-state index is 12.7. The first-order valence-electron chi connectivity index (χ1n) is 7.49. The number of piperazine rings is 1. The summed E-state index contributed by atoms with van der Waals surface area (Å²) in [5.41, 5.74) is 2.03. The molecule has 2 amide bonds. The lowest BCUT2D eigenvalue weighted by atomic mass is 10.0. The van der Waals surface area contributed by atoms with E-state index in [9.17, 15) is 9.59 Å². The van der Waals surface area contributed by atoms with E-state index < -0.39 is 6.04 Å². The standard InChI is InChI=1S/C18H17BrN2O2/c19-15-9-5-4-8-14(15)10-16-18(23)21(12-17(22)20-16)11-13-6-2-1-3-7-13/h1-9,16H,10-12H2,(H,20,22)/t16-/m1/s1. The minimum Gasteiger partial charge on any atom is -0.342 e. The van der Waals surface area contributed by atoms with Crippen LogP contribution in [0, 0.1) is 0 Å². The van der Waals surface area contributed by atoms with Crippen LogP contribution in [0.5, 0.6) is 0 Å². The molecule has 1 heterocycles. The molecule has 2 aromatic rings. The Balaban J connectivity index is 1.75. The minimum atomic E-state index is -0.515. The van der Waals surface area contributed by atoms with E-state index in [1.807, 2.05) is 54.6 Å². The highest BCUT2D eigenvalue weighted by Gasteiger charge is 2.32. The van der Waals surface area contributed by atoms with Crippen molar-refractivity contribution < 1.29 is 9.59 Å². The quantitative estimate of drug-likeness (QED) is 0.896. The number of amides is 2. The van der Waals surface area contributed by atoms with Crippen LogP contribution in [-0.2, 0) is 22.6 Å². The second-order valence-electron chi connectivity index (χ2n) is 5.60. The fourth-order valence-corrected chi connectivity index (χ4v) is 3.18. The molecule has 0 unspecified atom stereocenters. The molecule has 118 valence electrons. The number of carbonyl (C=O) groups is 2. The van der Waals surface area contributed by atoms with E-state index in [2.05, 4.69) is 21.2 Å². The van der Waals surface area contributed by atoms with Crippen molar-refractivity contribution in [2.24, 2.45) is 0 Å². The Morgan fingerprint density at radius 3 is 2.48 bits per heavy atom. The van der Waals surface area contributed by atoms with Crippen molar-refractivity contribution in [1.29, 1.82) is 0 Å². The number of nitrogens with one attached hydrogen (secondary N) is 1. The van der Waals surface area contributed by atoms with Crippen LogP contribution in [0.1, 0.15) is 11.1 Å². The first-order valence-corrected chi connectivity index (χ1v) is 8.28. The summed E-state index contributed by atoms with van der Waals surface area (Å²) in [6.45, 7) is 0.569. The molecule has 1 aliphatic heterocycles. The van der Waals surface area contributed by atoms with Crippen molar-refractivity contribution in [3.8, 4) is 0 Å². The molecular formula is C18H17BrN2O2. The van der Waals surface area contributed by atoms with Gasteiger partial charge in [0.25, 0.3) is 0 Å². The molecule has 1 aliphatic rings. The molecule has 5 heteroatoms. The molecule has 23 heavy (non-hydrogen) atoms. The van der Waals surface area contributed by atoms with Gasteiger partial charge in [0.2, 0.25) is 11.8 Å². The van der Waals surface area contributed by atoms with Crippen molar-refractivity contribution in [1.82, 2.24) is 10.2 Å². The number of halogens is 1. The topological polar surface area (TPSA) is 49.4 Å². The Morgan fingerprint density at radius 2 is 1.74 bits per heavy atom. The lowest BCUT2D eigenvalue weighted by Crippen LogP contribution is -2.58. The molecule has 2 aromatic carbocycles. The van der Waals surface area contributed by atoms with E-state index in [4.69, 9.17) is 0 Å². The number of benzene rings is 2. The van der Waals surface area contributed by atoms with Gasteiger partial charge in [0, 0.05) is 17.4 Å². The molecule has 0 saturated carbocycles. The van der Waals surface area contributed by atoms with Crippen LogP contribution < -0.4 is 5.32 Å². The van der Waals surface area contributed by atoms with Crippen LogP contribution >= 0.6 is 15.9 Å². The summed E-state index contributed by atoms with van der Waals surface area (Å²) in [6, 6.07) is 17.0. The summed E-state index contributed by atoms with van der Waals surface area (Å²) in [4.78, 5) is 26.3. The lowest BCUT2D eigenvalue weighted by Gasteiger charge is -2.32. The van der Waals surface area contributed by atoms with E-state index in [1.165, 1.54) is 0 Å². The average Bonchev–Trinajstić information content (AvgIpc) is 2.55. The van der Waals surface area contributed by atoms with Crippen molar-refractivity contribution >= 4 is 27.7 Å². The summed E-state index contributed by atoms with van der Waals surface area (Å²) >= 11 is 3.49. The number of hydrogen-bond donors (Lipinski definition) is 1. The zero-order valence-electron chi connectivity index (χ0n) is 12.5. The maximum absolute atomic E-state index is 12.7. The molecule has 1 atom stereocenters. The van der Waals surface area contributed by atoms with Crippen LogP contribution in [0.4, 0.5) is 0 Å². The van der Waals surface area contributed by atoms with Gasteiger partial charge in [-0.15, -0.1) is 0 Å². The van der Waals surface area contributed by atoms with Gasteiger partial charge in [0.1, 0.15) is 6.04 Å². The summed E-state index contributed by atoms with van der Waals surface area (Å²) < 4.78 is 0.947. The number of nitrogens with zero attached hydrogens (tertiary/aromatic N) is 1. The summed E-state index contributed by atoms with van der Waals surface area (Å²) in [5.74, 6) is -0.151. The highest BCUT2D eigenvalue weighted by atomic mass is 79.9. The van der Waals surface area contributed by atoms with E-state index in [-0.39, 0.29) is 18.4 Å². The molecule has 0 radical (unpaired) electrons. The molecule has 4 nitrogen and oxygen atoms in total. The largest absolute Gasteiger partial charge is 0.342 e. The van der Waals surface area contributed by atoms with Gasteiger partial charge in [0.15, 0.2) is 0 Å². The number of rotatable bonds is 4. The van der Waals surface area contributed by atoms with Crippen molar-refractivity contribution in [3.63, 3.8) is 0 Å². The van der Waals surface area contributed by atoms with Gasteiger partial charge in [-0.1, -0.05) is 64.5 Å². The van der Waals surface area contributed by atoms with E-state index >= 15 is 0 Å². The Labute approximate surface area is 143 Å². The number of carbonyl (C=O) groups excluding carboxylic acids is 2.